The minimum atomic E-state index is 0.522. The topological polar surface area (TPSA) is 90.1 Å². The fourth-order valence-corrected chi connectivity index (χ4v) is 3.47. The van der Waals surface area contributed by atoms with Crippen LogP contribution in [0.5, 0.6) is 0 Å². The largest absolute Gasteiger partial charge is 0.278 e. The number of benzene rings is 3. The molecule has 160 valence electrons. The highest BCUT2D eigenvalue weighted by molar-refractivity contribution is 5.80. The first-order valence-electron chi connectivity index (χ1n) is 10.4. The molecule has 6 rings (SSSR count). The van der Waals surface area contributed by atoms with Crippen LogP contribution in [0.15, 0.2) is 85.2 Å². The molecule has 0 fully saturated rings. The van der Waals surface area contributed by atoms with Crippen LogP contribution in [0.3, 0.4) is 0 Å². The van der Waals surface area contributed by atoms with Gasteiger partial charge in [-0.05, 0) is 35.9 Å². The molecule has 0 aliphatic heterocycles. The SMILES string of the molecule is C#CCc1ccccc1.c1ccc2c(c1)nnn2Cc1cn(-c2ccc3[nH]ncc3c2)nn1. The molecule has 0 unspecified atom stereocenters. The first-order valence-corrected chi connectivity index (χ1v) is 10.4. The maximum absolute atomic E-state index is 5.11. The van der Waals surface area contributed by atoms with Gasteiger partial charge >= 0.3 is 0 Å². The van der Waals surface area contributed by atoms with Gasteiger partial charge in [-0.15, -0.1) is 22.5 Å². The van der Waals surface area contributed by atoms with Gasteiger partial charge in [-0.25, -0.2) is 9.36 Å². The Kier molecular flexibility index (Phi) is 5.59. The van der Waals surface area contributed by atoms with Crippen molar-refractivity contribution >= 4 is 21.9 Å². The summed E-state index contributed by atoms with van der Waals surface area (Å²) in [4.78, 5) is 0. The average molecular weight is 432 g/mol. The van der Waals surface area contributed by atoms with Crippen LogP contribution >= 0.6 is 0 Å². The van der Waals surface area contributed by atoms with Crippen LogP contribution in [0, 0.1) is 12.3 Å². The van der Waals surface area contributed by atoms with E-state index in [4.69, 9.17) is 6.42 Å². The zero-order valence-electron chi connectivity index (χ0n) is 17.7. The van der Waals surface area contributed by atoms with E-state index in [1.54, 1.807) is 10.9 Å². The summed E-state index contributed by atoms with van der Waals surface area (Å²) in [6.45, 7) is 0.522. The second-order valence-corrected chi connectivity index (χ2v) is 7.40. The highest BCUT2D eigenvalue weighted by Gasteiger charge is 2.08. The van der Waals surface area contributed by atoms with Crippen molar-refractivity contribution in [2.45, 2.75) is 13.0 Å². The highest BCUT2D eigenvalue weighted by Crippen LogP contribution is 2.16. The second-order valence-electron chi connectivity index (χ2n) is 7.40. The van der Waals surface area contributed by atoms with Crippen molar-refractivity contribution in [3.63, 3.8) is 0 Å². The number of para-hydroxylation sites is 1. The molecular weight excluding hydrogens is 412 g/mol. The van der Waals surface area contributed by atoms with Crippen LogP contribution in [0.1, 0.15) is 11.3 Å². The molecule has 8 nitrogen and oxygen atoms in total. The number of aromatic nitrogens is 8. The molecule has 1 N–H and O–H groups in total. The summed E-state index contributed by atoms with van der Waals surface area (Å²) in [7, 11) is 0. The fraction of sp³-hybridized carbons (Fsp3) is 0.0800. The fourth-order valence-electron chi connectivity index (χ4n) is 3.47. The van der Waals surface area contributed by atoms with E-state index in [1.165, 1.54) is 5.56 Å². The van der Waals surface area contributed by atoms with Gasteiger partial charge in [0.1, 0.15) is 11.2 Å². The molecule has 0 saturated carbocycles. The summed E-state index contributed by atoms with van der Waals surface area (Å²) >= 11 is 0. The van der Waals surface area contributed by atoms with Crippen molar-refractivity contribution in [2.24, 2.45) is 0 Å². The highest BCUT2D eigenvalue weighted by atomic mass is 15.5. The molecule has 3 aromatic carbocycles. The first-order chi connectivity index (χ1) is 16.3. The molecule has 0 aliphatic carbocycles. The summed E-state index contributed by atoms with van der Waals surface area (Å²) in [6, 6.07) is 23.8. The third-order valence-corrected chi connectivity index (χ3v) is 5.11. The Labute approximate surface area is 189 Å². The lowest BCUT2D eigenvalue weighted by atomic mass is 10.2. The van der Waals surface area contributed by atoms with Crippen molar-refractivity contribution < 1.29 is 0 Å². The zero-order chi connectivity index (χ0) is 22.5. The first kappa shape index (κ1) is 20.2. The molecule has 8 heteroatoms. The normalized spacial score (nSPS) is 10.6. The zero-order valence-corrected chi connectivity index (χ0v) is 17.7. The predicted molar refractivity (Wildman–Crippen MR) is 127 cm³/mol. The van der Waals surface area contributed by atoms with E-state index in [0.29, 0.717) is 6.54 Å². The van der Waals surface area contributed by atoms with Gasteiger partial charge in [0, 0.05) is 11.8 Å². The van der Waals surface area contributed by atoms with Gasteiger partial charge < -0.3 is 0 Å². The number of fused-ring (bicyclic) bond motifs is 2. The van der Waals surface area contributed by atoms with E-state index in [9.17, 15) is 0 Å². The Balaban J connectivity index is 0.000000215. The molecule has 0 amide bonds. The molecule has 0 aliphatic rings. The van der Waals surface area contributed by atoms with Gasteiger partial charge in [0.05, 0.1) is 35.7 Å². The average Bonchev–Trinajstić information content (AvgIpc) is 3.61. The summed E-state index contributed by atoms with van der Waals surface area (Å²) in [5, 5.41) is 24.8. The molecule has 0 spiro atoms. The summed E-state index contributed by atoms with van der Waals surface area (Å²) in [5.41, 5.74) is 5.80. The van der Waals surface area contributed by atoms with Crippen LogP contribution < -0.4 is 0 Å². The lowest BCUT2D eigenvalue weighted by Gasteiger charge is -2.00. The molecule has 3 heterocycles. The molecule has 6 aromatic rings. The van der Waals surface area contributed by atoms with E-state index < -0.39 is 0 Å². The van der Waals surface area contributed by atoms with Gasteiger partial charge in [-0.1, -0.05) is 52.9 Å². The van der Waals surface area contributed by atoms with Crippen molar-refractivity contribution in [1.82, 2.24) is 40.2 Å². The number of H-pyrrole nitrogens is 1. The molecule has 33 heavy (non-hydrogen) atoms. The molecule has 3 aromatic heterocycles. The van der Waals surface area contributed by atoms with Gasteiger partial charge in [0.25, 0.3) is 0 Å². The second kappa shape index (κ2) is 9.16. The van der Waals surface area contributed by atoms with Crippen LogP contribution in [0.25, 0.3) is 27.6 Å². The number of hydrogen-bond acceptors (Lipinski definition) is 5. The minimum absolute atomic E-state index is 0.522. The minimum Gasteiger partial charge on any atom is -0.278 e. The number of aromatic amines is 1. The van der Waals surface area contributed by atoms with Crippen LogP contribution in [-0.2, 0) is 13.0 Å². The molecule has 0 radical (unpaired) electrons. The van der Waals surface area contributed by atoms with Crippen LogP contribution in [0.2, 0.25) is 0 Å². The monoisotopic (exact) mass is 432 g/mol. The third-order valence-electron chi connectivity index (χ3n) is 5.11. The number of terminal acetylenes is 1. The van der Waals surface area contributed by atoms with Crippen LogP contribution in [-0.4, -0.2) is 40.2 Å². The van der Waals surface area contributed by atoms with Gasteiger partial charge in [-0.2, -0.15) is 5.10 Å². The van der Waals surface area contributed by atoms with E-state index in [-0.39, 0.29) is 0 Å². The summed E-state index contributed by atoms with van der Waals surface area (Å²) in [5.74, 6) is 2.58. The smallest absolute Gasteiger partial charge is 0.113 e. The Morgan fingerprint density at radius 1 is 0.909 bits per heavy atom. The Morgan fingerprint density at radius 2 is 1.76 bits per heavy atom. The van der Waals surface area contributed by atoms with E-state index in [0.717, 1.165) is 39.7 Å². The van der Waals surface area contributed by atoms with Crippen molar-refractivity contribution in [3.05, 3.63) is 96.4 Å². The Hall–Kier alpha value is -4.77. The standard InChI is InChI=1S/C16H12N8.C9H8/c1-2-4-16-15(3-1)20-22-24(16)10-12-9-23(21-18-12)13-5-6-14-11(7-13)8-17-19-14;1-2-6-9-7-4-3-5-8-9/h1-9H,10H2,(H,17,19);1,3-5,7-8H,6H2. The van der Waals surface area contributed by atoms with Gasteiger partial charge in [0.2, 0.25) is 0 Å². The predicted octanol–water partition coefficient (Wildman–Crippen LogP) is 3.80. The maximum Gasteiger partial charge on any atom is 0.113 e. The quantitative estimate of drug-likeness (QED) is 0.428. The van der Waals surface area contributed by atoms with E-state index >= 15 is 0 Å². The summed E-state index contributed by atoms with van der Waals surface area (Å²) in [6.07, 6.45) is 9.54. The van der Waals surface area contributed by atoms with Crippen molar-refractivity contribution in [3.8, 4) is 18.0 Å². The van der Waals surface area contributed by atoms with Crippen molar-refractivity contribution in [2.75, 3.05) is 0 Å². The Bertz CT molecular complexity index is 1540. The lowest BCUT2D eigenvalue weighted by molar-refractivity contribution is 0.655. The summed E-state index contributed by atoms with van der Waals surface area (Å²) < 4.78 is 3.57. The van der Waals surface area contributed by atoms with Gasteiger partial charge in [0.15, 0.2) is 0 Å². The third kappa shape index (κ3) is 4.48. The lowest BCUT2D eigenvalue weighted by Crippen LogP contribution is -2.02. The molecule has 0 saturated heterocycles. The number of rotatable bonds is 4. The number of hydrogen-bond donors (Lipinski definition) is 1. The van der Waals surface area contributed by atoms with Crippen LogP contribution in [0.4, 0.5) is 0 Å². The molecule has 0 atom stereocenters. The van der Waals surface area contributed by atoms with E-state index in [1.807, 2.05) is 83.7 Å². The van der Waals surface area contributed by atoms with Crippen molar-refractivity contribution in [1.29, 1.82) is 0 Å². The maximum atomic E-state index is 5.11. The van der Waals surface area contributed by atoms with E-state index in [2.05, 4.69) is 36.7 Å². The Morgan fingerprint density at radius 3 is 2.64 bits per heavy atom. The molecular formula is C25H20N8. The molecule has 0 bridgehead atoms. The van der Waals surface area contributed by atoms with Gasteiger partial charge in [-0.3, -0.25) is 5.10 Å². The number of nitrogens with zero attached hydrogens (tertiary/aromatic N) is 7. The number of nitrogens with one attached hydrogen (secondary N) is 1.